The molecule has 0 aliphatic heterocycles. The van der Waals surface area contributed by atoms with E-state index in [0.717, 1.165) is 36.7 Å². The summed E-state index contributed by atoms with van der Waals surface area (Å²) < 4.78 is 2.22. The van der Waals surface area contributed by atoms with Gasteiger partial charge in [-0.15, -0.1) is 0 Å². The fraction of sp³-hybridized carbons (Fsp3) is 0.467. The van der Waals surface area contributed by atoms with Crippen LogP contribution in [0, 0.1) is 0 Å². The van der Waals surface area contributed by atoms with E-state index in [4.69, 9.17) is 11.6 Å². The second-order valence-corrected chi connectivity index (χ2v) is 5.50. The van der Waals surface area contributed by atoms with Crippen LogP contribution in [-0.2, 0) is 6.54 Å². The maximum absolute atomic E-state index is 6.25. The highest BCUT2D eigenvalue weighted by molar-refractivity contribution is 6.35. The standard InChI is InChI=1S/C15H22ClN3/c1-18(2)10-4-8-17-9-12-19-11-7-13-5-3-6-14(16)15(13)19/h3,5-7,11,17H,4,8-10,12H2,1-2H3. The molecule has 0 unspecified atom stereocenters. The molecule has 0 amide bonds. The van der Waals surface area contributed by atoms with E-state index >= 15 is 0 Å². The predicted molar refractivity (Wildman–Crippen MR) is 83.0 cm³/mol. The van der Waals surface area contributed by atoms with Crippen molar-refractivity contribution in [3.05, 3.63) is 35.5 Å². The van der Waals surface area contributed by atoms with E-state index in [0.29, 0.717) is 0 Å². The second-order valence-electron chi connectivity index (χ2n) is 5.09. The molecule has 4 heteroatoms. The number of para-hydroxylation sites is 1. The first-order chi connectivity index (χ1) is 9.18. The average molecular weight is 280 g/mol. The van der Waals surface area contributed by atoms with Crippen LogP contribution in [0.25, 0.3) is 10.9 Å². The third-order valence-corrected chi connectivity index (χ3v) is 3.53. The number of benzene rings is 1. The molecule has 1 N–H and O–H groups in total. The molecule has 0 radical (unpaired) electrons. The lowest BCUT2D eigenvalue weighted by Crippen LogP contribution is -2.24. The van der Waals surface area contributed by atoms with Crippen molar-refractivity contribution in [3.8, 4) is 0 Å². The predicted octanol–water partition coefficient (Wildman–Crippen LogP) is 2.84. The molecule has 0 atom stereocenters. The lowest BCUT2D eigenvalue weighted by molar-refractivity contribution is 0.393. The first-order valence-corrected chi connectivity index (χ1v) is 7.15. The molecule has 2 rings (SSSR count). The average Bonchev–Trinajstić information content (AvgIpc) is 2.78. The zero-order valence-corrected chi connectivity index (χ0v) is 12.5. The van der Waals surface area contributed by atoms with Gasteiger partial charge in [-0.05, 0) is 45.7 Å². The first-order valence-electron chi connectivity index (χ1n) is 6.77. The number of hydrogen-bond acceptors (Lipinski definition) is 2. The van der Waals surface area contributed by atoms with Gasteiger partial charge in [-0.25, -0.2) is 0 Å². The van der Waals surface area contributed by atoms with Crippen LogP contribution < -0.4 is 5.32 Å². The third-order valence-electron chi connectivity index (χ3n) is 3.23. The maximum atomic E-state index is 6.25. The molecule has 104 valence electrons. The molecule has 19 heavy (non-hydrogen) atoms. The zero-order valence-electron chi connectivity index (χ0n) is 11.7. The fourth-order valence-corrected chi connectivity index (χ4v) is 2.54. The third kappa shape index (κ3) is 3.96. The molecule has 2 aromatic rings. The molecule has 0 aliphatic carbocycles. The van der Waals surface area contributed by atoms with Crippen LogP contribution in [0.3, 0.4) is 0 Å². The Morgan fingerprint density at radius 2 is 2.05 bits per heavy atom. The molecular weight excluding hydrogens is 258 g/mol. The highest BCUT2D eigenvalue weighted by Crippen LogP contribution is 2.23. The maximum Gasteiger partial charge on any atom is 0.0670 e. The molecule has 0 saturated heterocycles. The van der Waals surface area contributed by atoms with E-state index < -0.39 is 0 Å². The van der Waals surface area contributed by atoms with Crippen LogP contribution in [0.2, 0.25) is 5.02 Å². The Balaban J connectivity index is 1.82. The Bertz CT molecular complexity index is 519. The zero-order chi connectivity index (χ0) is 13.7. The monoisotopic (exact) mass is 279 g/mol. The Morgan fingerprint density at radius 1 is 1.21 bits per heavy atom. The minimum atomic E-state index is 0.829. The number of nitrogens with zero attached hydrogens (tertiary/aromatic N) is 2. The molecular formula is C15H22ClN3. The topological polar surface area (TPSA) is 20.2 Å². The summed E-state index contributed by atoms with van der Waals surface area (Å²) in [6.45, 7) is 4.12. The Morgan fingerprint density at radius 3 is 2.84 bits per heavy atom. The van der Waals surface area contributed by atoms with E-state index in [2.05, 4.69) is 47.2 Å². The van der Waals surface area contributed by atoms with Gasteiger partial charge in [0.05, 0.1) is 10.5 Å². The fourth-order valence-electron chi connectivity index (χ4n) is 2.25. The quantitative estimate of drug-likeness (QED) is 0.787. The van der Waals surface area contributed by atoms with Crippen molar-refractivity contribution in [1.82, 2.24) is 14.8 Å². The van der Waals surface area contributed by atoms with Gasteiger partial charge in [0, 0.05) is 24.7 Å². The van der Waals surface area contributed by atoms with E-state index in [1.165, 1.54) is 11.8 Å². The number of hydrogen-bond donors (Lipinski definition) is 1. The molecule has 1 heterocycles. The summed E-state index contributed by atoms with van der Waals surface area (Å²) in [4.78, 5) is 2.21. The van der Waals surface area contributed by atoms with Gasteiger partial charge in [-0.1, -0.05) is 23.7 Å². The van der Waals surface area contributed by atoms with Gasteiger partial charge >= 0.3 is 0 Å². The first kappa shape index (κ1) is 14.4. The summed E-state index contributed by atoms with van der Waals surface area (Å²) in [7, 11) is 4.21. The van der Waals surface area contributed by atoms with E-state index in [-0.39, 0.29) is 0 Å². The number of aromatic nitrogens is 1. The summed E-state index contributed by atoms with van der Waals surface area (Å²) >= 11 is 6.25. The minimum absolute atomic E-state index is 0.829. The van der Waals surface area contributed by atoms with Gasteiger partial charge in [-0.2, -0.15) is 0 Å². The van der Waals surface area contributed by atoms with Gasteiger partial charge in [-0.3, -0.25) is 0 Å². The van der Waals surface area contributed by atoms with Crippen molar-refractivity contribution < 1.29 is 0 Å². The van der Waals surface area contributed by atoms with Crippen molar-refractivity contribution in [1.29, 1.82) is 0 Å². The summed E-state index contributed by atoms with van der Waals surface area (Å²) in [6, 6.07) is 8.16. The Hall–Kier alpha value is -1.03. The van der Waals surface area contributed by atoms with Gasteiger partial charge < -0.3 is 14.8 Å². The summed E-state index contributed by atoms with van der Waals surface area (Å²) in [6.07, 6.45) is 3.29. The Labute approximate surface area is 120 Å². The lowest BCUT2D eigenvalue weighted by atomic mass is 10.2. The highest BCUT2D eigenvalue weighted by atomic mass is 35.5. The van der Waals surface area contributed by atoms with Gasteiger partial charge in [0.15, 0.2) is 0 Å². The lowest BCUT2D eigenvalue weighted by Gasteiger charge is -2.11. The number of fused-ring (bicyclic) bond motifs is 1. The largest absolute Gasteiger partial charge is 0.345 e. The molecule has 0 saturated carbocycles. The van der Waals surface area contributed by atoms with Crippen LogP contribution in [0.1, 0.15) is 6.42 Å². The van der Waals surface area contributed by atoms with Crippen LogP contribution in [0.4, 0.5) is 0 Å². The molecule has 1 aromatic carbocycles. The smallest absolute Gasteiger partial charge is 0.0670 e. The van der Waals surface area contributed by atoms with Crippen molar-refractivity contribution >= 4 is 22.5 Å². The van der Waals surface area contributed by atoms with Gasteiger partial charge in [0.1, 0.15) is 0 Å². The molecule has 0 spiro atoms. The normalized spacial score (nSPS) is 11.6. The van der Waals surface area contributed by atoms with Crippen LogP contribution in [-0.4, -0.2) is 43.2 Å². The van der Waals surface area contributed by atoms with E-state index in [9.17, 15) is 0 Å². The van der Waals surface area contributed by atoms with Crippen LogP contribution in [0.15, 0.2) is 30.5 Å². The number of halogens is 1. The molecule has 1 aromatic heterocycles. The summed E-state index contributed by atoms with van der Waals surface area (Å²) in [5.41, 5.74) is 1.14. The second kappa shape index (κ2) is 6.94. The molecule has 3 nitrogen and oxygen atoms in total. The van der Waals surface area contributed by atoms with Crippen molar-refractivity contribution in [2.45, 2.75) is 13.0 Å². The highest BCUT2D eigenvalue weighted by Gasteiger charge is 2.04. The van der Waals surface area contributed by atoms with Gasteiger partial charge in [0.25, 0.3) is 0 Å². The van der Waals surface area contributed by atoms with Crippen molar-refractivity contribution in [3.63, 3.8) is 0 Å². The SMILES string of the molecule is CN(C)CCCNCCn1ccc2cccc(Cl)c21. The van der Waals surface area contributed by atoms with Gasteiger partial charge in [0.2, 0.25) is 0 Å². The van der Waals surface area contributed by atoms with Crippen LogP contribution in [0.5, 0.6) is 0 Å². The summed E-state index contributed by atoms with van der Waals surface area (Å²) in [5.74, 6) is 0. The molecule has 0 aliphatic rings. The van der Waals surface area contributed by atoms with E-state index in [1.54, 1.807) is 0 Å². The molecule has 0 fully saturated rings. The number of nitrogens with one attached hydrogen (secondary N) is 1. The molecule has 0 bridgehead atoms. The minimum Gasteiger partial charge on any atom is -0.345 e. The summed E-state index contributed by atoms with van der Waals surface area (Å²) in [5, 5.41) is 5.51. The van der Waals surface area contributed by atoms with E-state index in [1.807, 2.05) is 12.1 Å². The van der Waals surface area contributed by atoms with Crippen molar-refractivity contribution in [2.24, 2.45) is 0 Å². The van der Waals surface area contributed by atoms with Crippen LogP contribution >= 0.6 is 11.6 Å². The Kier molecular flexibility index (Phi) is 5.25. The van der Waals surface area contributed by atoms with Crippen molar-refractivity contribution in [2.75, 3.05) is 33.7 Å². The number of rotatable bonds is 7.